The van der Waals surface area contributed by atoms with Gasteiger partial charge in [0.1, 0.15) is 18.3 Å². The standard InChI is InChI=1S/C27H35N5O2Si/c1-18-14-23(33-4)24(20-10-11-29-25(18)20)26(31(2)3)27-30-21-9-8-19(16-28)15-22(21)32(27)17-34-12-13-35(5,6)7/h8-11,14-15,26,29H,12-13,17H2,1-7H3. The molecule has 0 bridgehead atoms. The van der Waals surface area contributed by atoms with Gasteiger partial charge in [0.2, 0.25) is 0 Å². The molecule has 0 amide bonds. The van der Waals surface area contributed by atoms with E-state index in [0.717, 1.165) is 50.7 Å². The molecule has 0 radical (unpaired) electrons. The van der Waals surface area contributed by atoms with Gasteiger partial charge in [0, 0.05) is 37.3 Å². The van der Waals surface area contributed by atoms with Crippen LogP contribution < -0.4 is 4.74 Å². The highest BCUT2D eigenvalue weighted by molar-refractivity contribution is 6.76. The Kier molecular flexibility index (Phi) is 7.04. The van der Waals surface area contributed by atoms with Crippen LogP contribution in [0, 0.1) is 18.3 Å². The number of aromatic nitrogens is 3. The number of hydrogen-bond acceptors (Lipinski definition) is 5. The van der Waals surface area contributed by atoms with Crippen LogP contribution in [0.3, 0.4) is 0 Å². The van der Waals surface area contributed by atoms with Gasteiger partial charge >= 0.3 is 0 Å². The number of H-pyrrole nitrogens is 1. The van der Waals surface area contributed by atoms with E-state index in [1.807, 2.05) is 24.4 Å². The van der Waals surface area contributed by atoms with Crippen molar-refractivity contribution in [2.75, 3.05) is 27.8 Å². The molecule has 0 saturated carbocycles. The van der Waals surface area contributed by atoms with Crippen LogP contribution in [0.1, 0.15) is 28.6 Å². The number of aromatic amines is 1. The van der Waals surface area contributed by atoms with Crippen LogP contribution in [0.4, 0.5) is 0 Å². The second kappa shape index (κ2) is 9.86. The summed E-state index contributed by atoms with van der Waals surface area (Å²) in [5.74, 6) is 1.68. The van der Waals surface area contributed by atoms with Gasteiger partial charge in [-0.2, -0.15) is 5.26 Å². The Bertz CT molecular complexity index is 1390. The molecule has 2 aromatic heterocycles. The number of benzene rings is 2. The number of rotatable bonds is 9. The molecule has 35 heavy (non-hydrogen) atoms. The first kappa shape index (κ1) is 25.0. The second-order valence-electron chi connectivity index (χ2n) is 10.5. The van der Waals surface area contributed by atoms with Crippen molar-refractivity contribution in [2.24, 2.45) is 0 Å². The molecule has 0 aliphatic heterocycles. The summed E-state index contributed by atoms with van der Waals surface area (Å²) in [6, 6.07) is 13.0. The Morgan fingerprint density at radius 2 is 1.97 bits per heavy atom. The molecule has 4 rings (SSSR count). The summed E-state index contributed by atoms with van der Waals surface area (Å²) in [4.78, 5) is 10.6. The summed E-state index contributed by atoms with van der Waals surface area (Å²) < 4.78 is 14.2. The average molecular weight is 490 g/mol. The lowest BCUT2D eigenvalue weighted by Crippen LogP contribution is -2.26. The smallest absolute Gasteiger partial charge is 0.133 e. The first-order valence-electron chi connectivity index (χ1n) is 11.9. The fourth-order valence-electron chi connectivity index (χ4n) is 4.56. The third kappa shape index (κ3) is 4.98. The molecular weight excluding hydrogens is 454 g/mol. The Labute approximate surface area is 208 Å². The first-order valence-corrected chi connectivity index (χ1v) is 15.6. The van der Waals surface area contributed by atoms with Crippen LogP contribution in [-0.2, 0) is 11.5 Å². The van der Waals surface area contributed by atoms with E-state index in [1.54, 1.807) is 7.11 Å². The molecule has 184 valence electrons. The van der Waals surface area contributed by atoms with Crippen LogP contribution >= 0.6 is 0 Å². The minimum absolute atomic E-state index is 0.192. The number of imidazole rings is 1. The van der Waals surface area contributed by atoms with Crippen molar-refractivity contribution in [1.29, 1.82) is 5.26 Å². The predicted octanol–water partition coefficient (Wildman–Crippen LogP) is 5.67. The SMILES string of the molecule is COc1cc(C)c2[nH]ccc2c1C(c1nc2ccc(C#N)cc2n1COCC[Si](C)(C)C)N(C)C. The Morgan fingerprint density at radius 3 is 2.63 bits per heavy atom. The lowest BCUT2D eigenvalue weighted by atomic mass is 9.97. The van der Waals surface area contributed by atoms with Crippen LogP contribution in [0.25, 0.3) is 21.9 Å². The van der Waals surface area contributed by atoms with Crippen LogP contribution in [0.2, 0.25) is 25.7 Å². The number of hydrogen-bond donors (Lipinski definition) is 1. The molecule has 1 atom stereocenters. The van der Waals surface area contributed by atoms with Crippen molar-refractivity contribution < 1.29 is 9.47 Å². The normalized spacial score (nSPS) is 13.0. The molecule has 0 saturated heterocycles. The molecule has 4 aromatic rings. The van der Waals surface area contributed by atoms with E-state index >= 15 is 0 Å². The minimum Gasteiger partial charge on any atom is -0.496 e. The largest absolute Gasteiger partial charge is 0.496 e. The van der Waals surface area contributed by atoms with E-state index < -0.39 is 8.07 Å². The van der Waals surface area contributed by atoms with E-state index in [-0.39, 0.29) is 6.04 Å². The zero-order valence-electron chi connectivity index (χ0n) is 21.8. The van der Waals surface area contributed by atoms with Gasteiger partial charge in [-0.1, -0.05) is 19.6 Å². The zero-order valence-corrected chi connectivity index (χ0v) is 22.8. The van der Waals surface area contributed by atoms with Gasteiger partial charge in [0.05, 0.1) is 35.8 Å². The van der Waals surface area contributed by atoms with E-state index in [9.17, 15) is 5.26 Å². The molecule has 0 spiro atoms. The van der Waals surface area contributed by atoms with E-state index in [1.165, 1.54) is 0 Å². The monoisotopic (exact) mass is 489 g/mol. The molecule has 0 aliphatic carbocycles. The highest BCUT2D eigenvalue weighted by Gasteiger charge is 2.29. The highest BCUT2D eigenvalue weighted by Crippen LogP contribution is 2.40. The van der Waals surface area contributed by atoms with Crippen molar-refractivity contribution in [3.63, 3.8) is 0 Å². The van der Waals surface area contributed by atoms with Crippen molar-refractivity contribution in [1.82, 2.24) is 19.4 Å². The summed E-state index contributed by atoms with van der Waals surface area (Å²) in [6.07, 6.45) is 1.97. The molecule has 1 unspecified atom stereocenters. The number of fused-ring (bicyclic) bond motifs is 2. The van der Waals surface area contributed by atoms with Crippen molar-refractivity contribution >= 4 is 30.0 Å². The van der Waals surface area contributed by atoms with Crippen LogP contribution in [-0.4, -0.2) is 55.3 Å². The summed E-state index contributed by atoms with van der Waals surface area (Å²) >= 11 is 0. The molecule has 8 heteroatoms. The third-order valence-electron chi connectivity index (χ3n) is 6.42. The number of nitrogens with zero attached hydrogens (tertiary/aromatic N) is 4. The fourth-order valence-corrected chi connectivity index (χ4v) is 5.31. The van der Waals surface area contributed by atoms with Gasteiger partial charge in [0.15, 0.2) is 0 Å². The molecular formula is C27H35N5O2Si. The van der Waals surface area contributed by atoms with Gasteiger partial charge in [-0.05, 0) is 63.0 Å². The second-order valence-corrected chi connectivity index (χ2v) is 16.1. The molecule has 1 N–H and O–H groups in total. The van der Waals surface area contributed by atoms with Crippen LogP contribution in [0.15, 0.2) is 36.5 Å². The topological polar surface area (TPSA) is 79.1 Å². The summed E-state index contributed by atoms with van der Waals surface area (Å²) in [7, 11) is 4.61. The number of methoxy groups -OCH3 is 1. The Morgan fingerprint density at radius 1 is 1.20 bits per heavy atom. The average Bonchev–Trinajstić information content (AvgIpc) is 3.42. The minimum atomic E-state index is -1.22. The molecule has 0 fully saturated rings. The molecule has 7 nitrogen and oxygen atoms in total. The van der Waals surface area contributed by atoms with Gasteiger partial charge < -0.3 is 19.0 Å². The maximum absolute atomic E-state index is 9.53. The van der Waals surface area contributed by atoms with Crippen molar-refractivity contribution in [2.45, 2.75) is 45.4 Å². The van der Waals surface area contributed by atoms with Crippen molar-refractivity contribution in [3.8, 4) is 11.8 Å². The zero-order chi connectivity index (χ0) is 25.3. The molecule has 0 aliphatic rings. The van der Waals surface area contributed by atoms with Gasteiger partial charge in [-0.3, -0.25) is 4.90 Å². The quantitative estimate of drug-likeness (QED) is 0.242. The van der Waals surface area contributed by atoms with Gasteiger partial charge in [-0.25, -0.2) is 4.98 Å². The predicted molar refractivity (Wildman–Crippen MR) is 144 cm³/mol. The van der Waals surface area contributed by atoms with E-state index in [0.29, 0.717) is 18.9 Å². The fraction of sp³-hybridized carbons (Fsp3) is 0.407. The van der Waals surface area contributed by atoms with E-state index in [2.05, 4.69) is 73.3 Å². The maximum Gasteiger partial charge on any atom is 0.133 e. The molecule has 2 heterocycles. The summed E-state index contributed by atoms with van der Waals surface area (Å²) in [5.41, 5.74) is 5.62. The Balaban J connectivity index is 1.90. The number of nitrogens with one attached hydrogen (secondary N) is 1. The van der Waals surface area contributed by atoms with Gasteiger partial charge in [0.25, 0.3) is 0 Å². The van der Waals surface area contributed by atoms with E-state index in [4.69, 9.17) is 14.5 Å². The summed E-state index contributed by atoms with van der Waals surface area (Å²) in [5, 5.41) is 10.6. The van der Waals surface area contributed by atoms with Crippen LogP contribution in [0.5, 0.6) is 5.75 Å². The van der Waals surface area contributed by atoms with Gasteiger partial charge in [-0.15, -0.1) is 0 Å². The number of ether oxygens (including phenoxy) is 2. The number of aryl methyl sites for hydroxylation is 1. The maximum atomic E-state index is 9.53. The molecule has 2 aromatic carbocycles. The lowest BCUT2D eigenvalue weighted by Gasteiger charge is -2.28. The summed E-state index contributed by atoms with van der Waals surface area (Å²) in [6.45, 7) is 10.2. The lowest BCUT2D eigenvalue weighted by molar-refractivity contribution is 0.0854. The number of nitriles is 1. The first-order chi connectivity index (χ1) is 16.6. The Hall–Kier alpha value is -3.12. The van der Waals surface area contributed by atoms with Crippen molar-refractivity contribution in [3.05, 3.63) is 59.0 Å². The third-order valence-corrected chi connectivity index (χ3v) is 8.13. The highest BCUT2D eigenvalue weighted by atomic mass is 28.3.